The number of hydrogen-bond donors (Lipinski definition) is 4. The molecule has 0 radical (unpaired) electrons. The van der Waals surface area contributed by atoms with E-state index in [1.807, 2.05) is 36.2 Å². The van der Waals surface area contributed by atoms with Gasteiger partial charge >= 0.3 is 0 Å². The van der Waals surface area contributed by atoms with Gasteiger partial charge in [-0.05, 0) is 42.0 Å². The SMILES string of the molecule is CN1CC(C(N)=O)=C(NCc2cc(F)cc(F)c2)C=C1Nc1ccc(S)cc1. The monoisotopic (exact) mass is 402 g/mol. The number of nitrogens with zero attached hydrogens (tertiary/aromatic N) is 1. The van der Waals surface area contributed by atoms with Crippen molar-refractivity contribution in [1.82, 2.24) is 10.2 Å². The minimum absolute atomic E-state index is 0.142. The van der Waals surface area contributed by atoms with E-state index in [1.54, 1.807) is 6.08 Å². The van der Waals surface area contributed by atoms with E-state index in [4.69, 9.17) is 5.73 Å². The quantitative estimate of drug-likeness (QED) is 0.561. The minimum Gasteiger partial charge on any atom is -0.380 e. The molecule has 2 aromatic carbocycles. The van der Waals surface area contributed by atoms with Gasteiger partial charge in [0.25, 0.3) is 0 Å². The molecule has 0 saturated heterocycles. The van der Waals surface area contributed by atoms with Crippen LogP contribution in [0.5, 0.6) is 0 Å². The van der Waals surface area contributed by atoms with E-state index in [2.05, 4.69) is 23.3 Å². The van der Waals surface area contributed by atoms with Gasteiger partial charge in [0.1, 0.15) is 17.5 Å². The topological polar surface area (TPSA) is 70.4 Å². The number of allylic oxidation sites excluding steroid dienone is 1. The Kier molecular flexibility index (Phi) is 5.89. The highest BCUT2D eigenvalue weighted by molar-refractivity contribution is 7.80. The molecule has 4 N–H and O–H groups in total. The summed E-state index contributed by atoms with van der Waals surface area (Å²) < 4.78 is 26.8. The third-order valence-corrected chi connectivity index (χ3v) is 4.55. The van der Waals surface area contributed by atoms with Gasteiger partial charge in [0, 0.05) is 42.0 Å². The van der Waals surface area contributed by atoms with Crippen LogP contribution >= 0.6 is 12.6 Å². The lowest BCUT2D eigenvalue weighted by molar-refractivity contribution is -0.114. The van der Waals surface area contributed by atoms with Crippen LogP contribution in [0.2, 0.25) is 0 Å². The average molecular weight is 402 g/mol. The van der Waals surface area contributed by atoms with E-state index >= 15 is 0 Å². The van der Waals surface area contributed by atoms with Crippen LogP contribution in [0.3, 0.4) is 0 Å². The Morgan fingerprint density at radius 3 is 2.43 bits per heavy atom. The lowest BCUT2D eigenvalue weighted by Gasteiger charge is -2.30. The molecule has 0 bridgehead atoms. The van der Waals surface area contributed by atoms with Gasteiger partial charge in [-0.1, -0.05) is 0 Å². The normalized spacial score (nSPS) is 14.0. The Morgan fingerprint density at radius 2 is 1.82 bits per heavy atom. The second kappa shape index (κ2) is 8.35. The van der Waals surface area contributed by atoms with E-state index < -0.39 is 17.5 Å². The summed E-state index contributed by atoms with van der Waals surface area (Å²) in [7, 11) is 1.83. The molecular formula is C20H20F2N4OS. The van der Waals surface area contributed by atoms with Gasteiger partial charge in [0.2, 0.25) is 5.91 Å². The van der Waals surface area contributed by atoms with Crippen LogP contribution in [0.25, 0.3) is 0 Å². The van der Waals surface area contributed by atoms with Crippen LogP contribution in [0.1, 0.15) is 5.56 Å². The summed E-state index contributed by atoms with van der Waals surface area (Å²) in [6.45, 7) is 0.432. The number of primary amides is 1. The number of rotatable bonds is 6. The summed E-state index contributed by atoms with van der Waals surface area (Å²) in [6, 6.07) is 10.8. The predicted octanol–water partition coefficient (Wildman–Crippen LogP) is 2.98. The Morgan fingerprint density at radius 1 is 1.18 bits per heavy atom. The minimum atomic E-state index is -0.658. The second-order valence-corrected chi connectivity index (χ2v) is 6.96. The van der Waals surface area contributed by atoms with E-state index in [0.29, 0.717) is 23.4 Å². The van der Waals surface area contributed by atoms with Crippen LogP contribution in [-0.2, 0) is 11.3 Å². The Hall–Kier alpha value is -3.00. The Balaban J connectivity index is 1.84. The van der Waals surface area contributed by atoms with Gasteiger partial charge in [0.05, 0.1) is 12.1 Å². The van der Waals surface area contributed by atoms with Gasteiger partial charge in [-0.15, -0.1) is 12.6 Å². The van der Waals surface area contributed by atoms with Gasteiger partial charge < -0.3 is 21.3 Å². The fourth-order valence-electron chi connectivity index (χ4n) is 2.84. The van der Waals surface area contributed by atoms with Crippen molar-refractivity contribution in [2.24, 2.45) is 5.73 Å². The zero-order chi connectivity index (χ0) is 20.3. The molecule has 28 heavy (non-hydrogen) atoms. The van der Waals surface area contributed by atoms with E-state index in [0.717, 1.165) is 22.5 Å². The van der Waals surface area contributed by atoms with Crippen molar-refractivity contribution in [3.63, 3.8) is 0 Å². The van der Waals surface area contributed by atoms with Gasteiger partial charge in [-0.2, -0.15) is 0 Å². The molecule has 0 fully saturated rings. The zero-order valence-corrected chi connectivity index (χ0v) is 16.1. The van der Waals surface area contributed by atoms with Gasteiger partial charge in [-0.3, -0.25) is 4.79 Å². The maximum atomic E-state index is 13.4. The number of carbonyl (C=O) groups excluding carboxylic acids is 1. The summed E-state index contributed by atoms with van der Waals surface area (Å²) in [5, 5.41) is 6.33. The molecule has 1 aliphatic rings. The van der Waals surface area contributed by atoms with Gasteiger partial charge in [-0.25, -0.2) is 8.78 Å². The highest BCUT2D eigenvalue weighted by Gasteiger charge is 2.21. The van der Waals surface area contributed by atoms with Crippen LogP contribution in [-0.4, -0.2) is 24.4 Å². The molecule has 2 aromatic rings. The van der Waals surface area contributed by atoms with Crippen molar-refractivity contribution < 1.29 is 13.6 Å². The number of nitrogens with one attached hydrogen (secondary N) is 2. The first-order valence-electron chi connectivity index (χ1n) is 8.52. The lowest BCUT2D eigenvalue weighted by Crippen LogP contribution is -2.36. The molecule has 3 rings (SSSR count). The fourth-order valence-corrected chi connectivity index (χ4v) is 2.99. The molecule has 1 aliphatic heterocycles. The average Bonchev–Trinajstić information content (AvgIpc) is 2.62. The molecule has 0 atom stereocenters. The number of hydrogen-bond acceptors (Lipinski definition) is 5. The summed E-state index contributed by atoms with van der Waals surface area (Å²) in [4.78, 5) is 14.5. The van der Waals surface area contributed by atoms with Crippen molar-refractivity contribution in [3.8, 4) is 0 Å². The Bertz CT molecular complexity index is 937. The van der Waals surface area contributed by atoms with E-state index in [-0.39, 0.29) is 6.54 Å². The molecule has 8 heteroatoms. The van der Waals surface area contributed by atoms with Crippen LogP contribution < -0.4 is 16.4 Å². The number of nitrogens with two attached hydrogens (primary N) is 1. The van der Waals surface area contributed by atoms with Gasteiger partial charge in [0.15, 0.2) is 0 Å². The number of likely N-dealkylation sites (N-methyl/N-ethyl adjacent to an activating group) is 1. The lowest BCUT2D eigenvalue weighted by atomic mass is 10.1. The molecule has 1 amide bonds. The summed E-state index contributed by atoms with van der Waals surface area (Å²) >= 11 is 4.27. The first kappa shape index (κ1) is 19.8. The maximum absolute atomic E-state index is 13.4. The van der Waals surface area contributed by atoms with Crippen molar-refractivity contribution in [3.05, 3.63) is 82.8 Å². The molecule has 1 heterocycles. The molecule has 146 valence electrons. The fraction of sp³-hybridized carbons (Fsp3) is 0.150. The standard InChI is InChI=1S/C20H20F2N4OS/c1-26-11-17(20(23)27)18(24-10-12-6-13(21)8-14(22)7-12)9-19(26)25-15-2-4-16(28)5-3-15/h2-9,24-25,28H,10-11H2,1H3,(H2,23,27). The highest BCUT2D eigenvalue weighted by Crippen LogP contribution is 2.21. The van der Waals surface area contributed by atoms with Crippen molar-refractivity contribution >= 4 is 24.2 Å². The second-order valence-electron chi connectivity index (χ2n) is 6.45. The molecule has 5 nitrogen and oxygen atoms in total. The van der Waals surface area contributed by atoms with E-state index in [9.17, 15) is 13.6 Å². The molecule has 0 spiro atoms. The van der Waals surface area contributed by atoms with Crippen LogP contribution in [0, 0.1) is 11.6 Å². The summed E-state index contributed by atoms with van der Waals surface area (Å²) in [6.07, 6.45) is 1.74. The zero-order valence-electron chi connectivity index (χ0n) is 15.2. The number of thiol groups is 1. The summed E-state index contributed by atoms with van der Waals surface area (Å²) in [5.74, 6) is -1.14. The van der Waals surface area contributed by atoms with Crippen LogP contribution in [0.4, 0.5) is 14.5 Å². The Labute approximate surface area is 167 Å². The first-order valence-corrected chi connectivity index (χ1v) is 8.97. The van der Waals surface area contributed by atoms with Crippen molar-refractivity contribution in [1.29, 1.82) is 0 Å². The van der Waals surface area contributed by atoms with Crippen LogP contribution in [0.15, 0.2) is 70.5 Å². The molecule has 0 aromatic heterocycles. The van der Waals surface area contributed by atoms with E-state index in [1.165, 1.54) is 12.1 Å². The molecule has 0 saturated carbocycles. The largest absolute Gasteiger partial charge is 0.380 e. The highest BCUT2D eigenvalue weighted by atomic mass is 32.1. The number of carbonyl (C=O) groups is 1. The predicted molar refractivity (Wildman–Crippen MR) is 107 cm³/mol. The maximum Gasteiger partial charge on any atom is 0.248 e. The number of halogens is 2. The molecular weight excluding hydrogens is 382 g/mol. The van der Waals surface area contributed by atoms with Crippen molar-refractivity contribution in [2.45, 2.75) is 11.4 Å². The first-order chi connectivity index (χ1) is 13.3. The third kappa shape index (κ3) is 4.83. The van der Waals surface area contributed by atoms with Crippen molar-refractivity contribution in [2.75, 3.05) is 18.9 Å². The third-order valence-electron chi connectivity index (χ3n) is 4.26. The number of benzene rings is 2. The molecule has 0 unspecified atom stereocenters. The number of amides is 1. The smallest absolute Gasteiger partial charge is 0.248 e. The molecule has 0 aliphatic carbocycles. The summed E-state index contributed by atoms with van der Waals surface area (Å²) in [5.41, 5.74) is 7.67. The number of anilines is 1.